The summed E-state index contributed by atoms with van der Waals surface area (Å²) in [5.74, 6) is 1.81. The van der Waals surface area contributed by atoms with Crippen LogP contribution in [0.1, 0.15) is 47.0 Å². The number of rotatable bonds is 6. The Morgan fingerprint density at radius 3 is 2.47 bits per heavy atom. The normalized spacial score (nSPS) is 18.1. The van der Waals surface area contributed by atoms with Crippen LogP contribution in [0.25, 0.3) is 10.2 Å². The third-order valence-electron chi connectivity index (χ3n) is 7.38. The fourth-order valence-electron chi connectivity index (χ4n) is 5.43. The topological polar surface area (TPSA) is 52.6 Å². The van der Waals surface area contributed by atoms with Gasteiger partial charge in [0, 0.05) is 39.3 Å². The number of anilines is 1. The van der Waals surface area contributed by atoms with Gasteiger partial charge in [-0.3, -0.25) is 9.69 Å². The summed E-state index contributed by atoms with van der Waals surface area (Å²) >= 11 is 1.54. The van der Waals surface area contributed by atoms with Gasteiger partial charge in [0.15, 0.2) is 0 Å². The SMILES string of the molecule is CCCN1CCN(c2ncnc3sc(C(=O)N4CCC(Cc5ccccc5)CC4)c(C)c23)CC1. The first-order valence-corrected chi connectivity index (χ1v) is 13.5. The number of carbonyl (C=O) groups is 1. The fraction of sp³-hybridized carbons (Fsp3) is 0.519. The second kappa shape index (κ2) is 10.4. The highest BCUT2D eigenvalue weighted by atomic mass is 32.1. The maximum atomic E-state index is 13.5. The molecule has 180 valence electrons. The van der Waals surface area contributed by atoms with Gasteiger partial charge in [0.1, 0.15) is 17.0 Å². The van der Waals surface area contributed by atoms with Crippen LogP contribution in [0.15, 0.2) is 36.7 Å². The zero-order chi connectivity index (χ0) is 23.5. The van der Waals surface area contributed by atoms with Crippen molar-refractivity contribution >= 4 is 33.3 Å². The molecule has 2 aliphatic heterocycles. The first-order valence-electron chi connectivity index (χ1n) is 12.7. The van der Waals surface area contributed by atoms with Gasteiger partial charge in [-0.05, 0) is 56.2 Å². The molecule has 34 heavy (non-hydrogen) atoms. The van der Waals surface area contributed by atoms with Crippen LogP contribution in [0.4, 0.5) is 5.82 Å². The van der Waals surface area contributed by atoms with Crippen molar-refractivity contribution < 1.29 is 4.79 Å². The molecule has 5 rings (SSSR count). The molecule has 0 atom stereocenters. The summed E-state index contributed by atoms with van der Waals surface area (Å²) in [7, 11) is 0. The lowest BCUT2D eigenvalue weighted by Crippen LogP contribution is -2.46. The summed E-state index contributed by atoms with van der Waals surface area (Å²) < 4.78 is 0. The minimum atomic E-state index is 0.164. The Morgan fingerprint density at radius 1 is 1.03 bits per heavy atom. The predicted octanol–water partition coefficient (Wildman–Crippen LogP) is 4.63. The summed E-state index contributed by atoms with van der Waals surface area (Å²) in [4.78, 5) is 31.5. The molecule has 1 amide bonds. The van der Waals surface area contributed by atoms with E-state index in [2.05, 4.69) is 68.8 Å². The van der Waals surface area contributed by atoms with Gasteiger partial charge in [0.05, 0.1) is 10.3 Å². The van der Waals surface area contributed by atoms with E-state index in [9.17, 15) is 4.79 Å². The lowest BCUT2D eigenvalue weighted by Gasteiger charge is -2.35. The van der Waals surface area contributed by atoms with Crippen LogP contribution in [0.3, 0.4) is 0 Å². The number of amides is 1. The average molecular weight is 478 g/mol. The summed E-state index contributed by atoms with van der Waals surface area (Å²) in [5, 5.41) is 1.07. The number of hydrogen-bond acceptors (Lipinski definition) is 6. The lowest BCUT2D eigenvalue weighted by atomic mass is 9.90. The molecule has 0 saturated carbocycles. The van der Waals surface area contributed by atoms with Gasteiger partial charge in [-0.15, -0.1) is 11.3 Å². The zero-order valence-corrected chi connectivity index (χ0v) is 21.2. The molecule has 6 nitrogen and oxygen atoms in total. The molecule has 0 unspecified atom stereocenters. The van der Waals surface area contributed by atoms with E-state index < -0.39 is 0 Å². The Kier molecular flexibility index (Phi) is 7.11. The number of thiophene rings is 1. The molecule has 0 N–H and O–H groups in total. The highest BCUT2D eigenvalue weighted by Crippen LogP contribution is 2.36. The number of fused-ring (bicyclic) bond motifs is 1. The molecule has 0 aliphatic carbocycles. The molecule has 0 bridgehead atoms. The second-order valence-electron chi connectivity index (χ2n) is 9.69. The van der Waals surface area contributed by atoms with Crippen LogP contribution in [0, 0.1) is 12.8 Å². The smallest absolute Gasteiger partial charge is 0.264 e. The number of piperazine rings is 1. The van der Waals surface area contributed by atoms with Crippen molar-refractivity contribution in [3.8, 4) is 0 Å². The molecular formula is C27H35N5OS. The van der Waals surface area contributed by atoms with Gasteiger partial charge in [0.25, 0.3) is 5.91 Å². The lowest BCUT2D eigenvalue weighted by molar-refractivity contribution is 0.0695. The third kappa shape index (κ3) is 4.82. The molecule has 2 fully saturated rings. The van der Waals surface area contributed by atoms with E-state index in [4.69, 9.17) is 0 Å². The molecule has 4 heterocycles. The standard InChI is InChI=1S/C27H35N5OS/c1-3-11-30-14-16-31(17-15-30)25-23-20(2)24(34-26(23)29-19-28-25)27(33)32-12-9-22(10-13-32)18-21-7-5-4-6-8-21/h4-8,19,22H,3,9-18H2,1-2H3. The van der Waals surface area contributed by atoms with Gasteiger partial charge in [-0.25, -0.2) is 9.97 Å². The summed E-state index contributed by atoms with van der Waals surface area (Å²) in [6, 6.07) is 10.7. The number of carbonyl (C=O) groups excluding carboxylic acids is 1. The summed E-state index contributed by atoms with van der Waals surface area (Å²) in [6.45, 7) is 11.2. The maximum Gasteiger partial charge on any atom is 0.264 e. The Bertz CT molecular complexity index is 1110. The van der Waals surface area contributed by atoms with Crippen LogP contribution >= 0.6 is 11.3 Å². The Labute approximate surface area is 206 Å². The van der Waals surface area contributed by atoms with Gasteiger partial charge in [-0.2, -0.15) is 0 Å². The van der Waals surface area contributed by atoms with Gasteiger partial charge in [0.2, 0.25) is 0 Å². The van der Waals surface area contributed by atoms with Crippen LogP contribution in [-0.4, -0.2) is 71.5 Å². The Hall–Kier alpha value is -2.51. The first-order chi connectivity index (χ1) is 16.6. The maximum absolute atomic E-state index is 13.5. The number of hydrogen-bond donors (Lipinski definition) is 0. The van der Waals surface area contributed by atoms with Crippen molar-refractivity contribution in [2.45, 2.75) is 39.5 Å². The van der Waals surface area contributed by atoms with Crippen molar-refractivity contribution in [3.63, 3.8) is 0 Å². The fourth-order valence-corrected chi connectivity index (χ4v) is 6.54. The van der Waals surface area contributed by atoms with E-state index in [0.29, 0.717) is 5.92 Å². The highest BCUT2D eigenvalue weighted by Gasteiger charge is 2.29. The molecule has 0 radical (unpaired) electrons. The molecule has 1 aromatic carbocycles. The molecular weight excluding hydrogens is 442 g/mol. The molecule has 3 aromatic rings. The summed E-state index contributed by atoms with van der Waals surface area (Å²) in [5.41, 5.74) is 2.44. The van der Waals surface area contributed by atoms with E-state index in [1.165, 1.54) is 23.3 Å². The van der Waals surface area contributed by atoms with E-state index in [0.717, 1.165) is 91.6 Å². The predicted molar refractivity (Wildman–Crippen MR) is 140 cm³/mol. The van der Waals surface area contributed by atoms with Crippen molar-refractivity contribution in [1.82, 2.24) is 19.8 Å². The van der Waals surface area contributed by atoms with E-state index >= 15 is 0 Å². The molecule has 2 aliphatic rings. The zero-order valence-electron chi connectivity index (χ0n) is 20.4. The van der Waals surface area contributed by atoms with Crippen molar-refractivity contribution in [2.75, 3.05) is 50.7 Å². The monoisotopic (exact) mass is 477 g/mol. The van der Waals surface area contributed by atoms with Crippen LogP contribution in [0.5, 0.6) is 0 Å². The minimum absolute atomic E-state index is 0.164. The number of likely N-dealkylation sites (tertiary alicyclic amines) is 1. The minimum Gasteiger partial charge on any atom is -0.353 e. The van der Waals surface area contributed by atoms with Crippen molar-refractivity contribution in [3.05, 3.63) is 52.7 Å². The highest BCUT2D eigenvalue weighted by molar-refractivity contribution is 7.20. The number of aromatic nitrogens is 2. The average Bonchev–Trinajstić information content (AvgIpc) is 3.22. The molecule has 0 spiro atoms. The van der Waals surface area contributed by atoms with Gasteiger partial charge < -0.3 is 9.80 Å². The molecule has 7 heteroatoms. The van der Waals surface area contributed by atoms with E-state index in [-0.39, 0.29) is 5.91 Å². The van der Waals surface area contributed by atoms with Crippen LogP contribution < -0.4 is 4.90 Å². The number of piperidine rings is 1. The molecule has 2 saturated heterocycles. The number of benzene rings is 1. The third-order valence-corrected chi connectivity index (χ3v) is 8.57. The van der Waals surface area contributed by atoms with E-state index in [1.807, 2.05) is 0 Å². The van der Waals surface area contributed by atoms with Gasteiger partial charge in [-0.1, -0.05) is 37.3 Å². The van der Waals surface area contributed by atoms with Crippen LogP contribution in [0.2, 0.25) is 0 Å². The Morgan fingerprint density at radius 2 is 1.76 bits per heavy atom. The Balaban J connectivity index is 1.28. The van der Waals surface area contributed by atoms with Crippen molar-refractivity contribution in [1.29, 1.82) is 0 Å². The van der Waals surface area contributed by atoms with Crippen LogP contribution in [-0.2, 0) is 6.42 Å². The number of nitrogens with zero attached hydrogens (tertiary/aromatic N) is 5. The second-order valence-corrected chi connectivity index (χ2v) is 10.7. The summed E-state index contributed by atoms with van der Waals surface area (Å²) in [6.07, 6.45) is 6.09. The quantitative estimate of drug-likeness (QED) is 0.518. The van der Waals surface area contributed by atoms with Gasteiger partial charge >= 0.3 is 0 Å². The first kappa shape index (κ1) is 23.2. The van der Waals surface area contributed by atoms with Crippen molar-refractivity contribution in [2.24, 2.45) is 5.92 Å². The largest absolute Gasteiger partial charge is 0.353 e. The molecule has 2 aromatic heterocycles. The van der Waals surface area contributed by atoms with E-state index in [1.54, 1.807) is 6.33 Å². The number of aryl methyl sites for hydroxylation is 1.